The molecule has 9 nitrogen and oxygen atoms in total. The number of nitrogens with zero attached hydrogens (tertiary/aromatic N) is 5. The molecule has 0 radical (unpaired) electrons. The summed E-state index contributed by atoms with van der Waals surface area (Å²) in [4.78, 5) is 16.6. The first-order chi connectivity index (χ1) is 17.3. The van der Waals surface area contributed by atoms with Crippen molar-refractivity contribution >= 4 is 39.3 Å². The fourth-order valence-electron chi connectivity index (χ4n) is 6.70. The van der Waals surface area contributed by atoms with Gasteiger partial charge in [0, 0.05) is 11.6 Å². The average molecular weight is 482 g/mol. The highest BCUT2D eigenvalue weighted by Gasteiger charge is 2.75. The summed E-state index contributed by atoms with van der Waals surface area (Å²) in [5.74, 6) is 0.578. The predicted molar refractivity (Wildman–Crippen MR) is 136 cm³/mol. The second-order valence-electron chi connectivity index (χ2n) is 10.8. The van der Waals surface area contributed by atoms with E-state index in [-0.39, 0.29) is 29.5 Å². The van der Waals surface area contributed by atoms with Crippen molar-refractivity contribution in [2.75, 3.05) is 11.5 Å². The maximum atomic E-state index is 7.27. The second-order valence-corrected chi connectivity index (χ2v) is 10.8. The van der Waals surface area contributed by atoms with Crippen LogP contribution in [0, 0.1) is 17.9 Å². The van der Waals surface area contributed by atoms with Gasteiger partial charge in [0.1, 0.15) is 29.7 Å². The van der Waals surface area contributed by atoms with Gasteiger partial charge in [-0.1, -0.05) is 12.1 Å². The zero-order valence-electron chi connectivity index (χ0n) is 20.2. The third kappa shape index (κ3) is 2.98. The highest BCUT2D eigenvalue weighted by Crippen LogP contribution is 2.73. The van der Waals surface area contributed by atoms with Crippen molar-refractivity contribution in [3.63, 3.8) is 0 Å². The molecular formula is C27H27N7O2. The molecule has 3 aromatic heterocycles. The summed E-state index contributed by atoms with van der Waals surface area (Å²) >= 11 is 0. The van der Waals surface area contributed by atoms with Crippen LogP contribution in [0.1, 0.15) is 38.3 Å². The van der Waals surface area contributed by atoms with E-state index in [0.717, 1.165) is 41.2 Å². The lowest BCUT2D eigenvalue weighted by Gasteiger charge is -2.24. The van der Waals surface area contributed by atoms with Crippen LogP contribution in [0.3, 0.4) is 0 Å². The smallest absolute Gasteiger partial charge is 0.228 e. The van der Waals surface area contributed by atoms with Crippen LogP contribution in [-0.2, 0) is 15.9 Å². The first kappa shape index (κ1) is 21.5. The number of fused-ring (bicyclic) bond motifs is 5. The molecule has 5 atom stereocenters. The van der Waals surface area contributed by atoms with E-state index in [4.69, 9.17) is 27.5 Å². The molecule has 0 amide bonds. The van der Waals surface area contributed by atoms with Crippen molar-refractivity contribution in [3.05, 3.63) is 59.8 Å². The molecule has 0 unspecified atom stereocenters. The van der Waals surface area contributed by atoms with Crippen LogP contribution in [0.15, 0.2) is 42.9 Å². The number of aromatic nitrogens is 4. The molecule has 1 aromatic carbocycles. The third-order valence-corrected chi connectivity index (χ3v) is 8.37. The Labute approximate surface area is 208 Å². The van der Waals surface area contributed by atoms with E-state index < -0.39 is 5.79 Å². The van der Waals surface area contributed by atoms with Gasteiger partial charge in [-0.3, -0.25) is 0 Å². The molecule has 9 heteroatoms. The normalized spacial score (nSPS) is 29.8. The minimum absolute atomic E-state index is 0.0228. The van der Waals surface area contributed by atoms with Crippen molar-refractivity contribution < 1.29 is 9.47 Å². The van der Waals surface area contributed by atoms with E-state index >= 15 is 0 Å². The van der Waals surface area contributed by atoms with Gasteiger partial charge < -0.3 is 25.5 Å². The summed E-state index contributed by atoms with van der Waals surface area (Å²) in [5, 5.41) is 1.80. The maximum Gasteiger partial charge on any atom is 0.228 e. The van der Waals surface area contributed by atoms with Crippen molar-refractivity contribution in [1.82, 2.24) is 19.5 Å². The summed E-state index contributed by atoms with van der Waals surface area (Å²) in [5.41, 5.74) is 15.4. The monoisotopic (exact) mass is 481 g/mol. The molecular weight excluding hydrogens is 454 g/mol. The fourth-order valence-corrected chi connectivity index (χ4v) is 6.70. The number of nitrogens with two attached hydrogens (primary N) is 2. The van der Waals surface area contributed by atoms with E-state index in [1.807, 2.05) is 26.0 Å². The Bertz CT molecular complexity index is 1590. The molecule has 182 valence electrons. The Hall–Kier alpha value is -3.74. The van der Waals surface area contributed by atoms with Gasteiger partial charge in [0.15, 0.2) is 5.79 Å². The number of ether oxygens (including phenoxy) is 2. The number of aryl methyl sites for hydroxylation is 1. The van der Waals surface area contributed by atoms with Crippen LogP contribution in [0.5, 0.6) is 0 Å². The van der Waals surface area contributed by atoms with Gasteiger partial charge in [-0.25, -0.2) is 19.8 Å². The quantitative estimate of drug-likeness (QED) is 0.415. The molecule has 0 spiro atoms. The van der Waals surface area contributed by atoms with Crippen LogP contribution in [-0.4, -0.2) is 37.5 Å². The van der Waals surface area contributed by atoms with Gasteiger partial charge in [0.2, 0.25) is 5.69 Å². The third-order valence-electron chi connectivity index (χ3n) is 8.37. The SMILES string of the molecule is [C-]#[N+]c1cc2ccc(CC[C@]34C[C@@H]3[C@@H](n3ccc5c(N)ncnc53)[C@@H]3OC(C)(C)O[C@@H]34)cc2nc1N. The molecule has 3 fully saturated rings. The zero-order valence-corrected chi connectivity index (χ0v) is 20.2. The summed E-state index contributed by atoms with van der Waals surface area (Å²) < 4.78 is 15.3. The lowest BCUT2D eigenvalue weighted by Crippen LogP contribution is -2.32. The molecule has 1 saturated heterocycles. The van der Waals surface area contributed by atoms with Gasteiger partial charge in [-0.15, -0.1) is 0 Å². The van der Waals surface area contributed by atoms with E-state index in [9.17, 15) is 0 Å². The molecule has 4 N–H and O–H groups in total. The first-order valence-corrected chi connectivity index (χ1v) is 12.3. The standard InChI is InChI=1S/C27H27N7O2/c1-26(2)35-21-20(34-9-7-16-23(28)31-13-32-25(16)34)17-12-27(17,22(21)36-26)8-6-14-4-5-15-11-19(30-3)24(29)33-18(15)10-14/h4-5,7,9-11,13,17,20-22H,6,8,12H2,1-2H3,(H2,29,33)(H2,28,31,32)/t17-,20-,21+,22+,27+/m1/s1. The minimum Gasteiger partial charge on any atom is -0.392 e. The number of hydrogen-bond donors (Lipinski definition) is 2. The van der Waals surface area contributed by atoms with Crippen molar-refractivity contribution in [3.8, 4) is 0 Å². The van der Waals surface area contributed by atoms with Gasteiger partial charge in [-0.2, -0.15) is 0 Å². The summed E-state index contributed by atoms with van der Waals surface area (Å²) in [6.45, 7) is 11.3. The maximum absolute atomic E-state index is 7.27. The van der Waals surface area contributed by atoms with Crippen LogP contribution < -0.4 is 11.5 Å². The molecule has 4 aromatic rings. The summed E-state index contributed by atoms with van der Waals surface area (Å²) in [6, 6.07) is 10.2. The van der Waals surface area contributed by atoms with Crippen molar-refractivity contribution in [2.24, 2.45) is 11.3 Å². The molecule has 4 heterocycles. The Kier molecular flexibility index (Phi) is 4.28. The second kappa shape index (κ2) is 7.15. The van der Waals surface area contributed by atoms with E-state index in [1.165, 1.54) is 11.9 Å². The number of anilines is 2. The topological polar surface area (TPSA) is 118 Å². The molecule has 2 saturated carbocycles. The highest BCUT2D eigenvalue weighted by atomic mass is 16.8. The Morgan fingerprint density at radius 2 is 2.00 bits per heavy atom. The predicted octanol–water partition coefficient (Wildman–Crippen LogP) is 4.41. The van der Waals surface area contributed by atoms with E-state index in [1.54, 1.807) is 6.07 Å². The summed E-state index contributed by atoms with van der Waals surface area (Å²) in [7, 11) is 0. The van der Waals surface area contributed by atoms with Gasteiger partial charge in [0.05, 0.1) is 29.6 Å². The largest absolute Gasteiger partial charge is 0.392 e. The van der Waals surface area contributed by atoms with Gasteiger partial charge >= 0.3 is 0 Å². The zero-order chi connectivity index (χ0) is 24.8. The number of nitrogen functional groups attached to an aromatic ring is 2. The van der Waals surface area contributed by atoms with Crippen LogP contribution in [0.4, 0.5) is 17.3 Å². The number of rotatable bonds is 4. The highest BCUT2D eigenvalue weighted by molar-refractivity contribution is 5.87. The van der Waals surface area contributed by atoms with E-state index in [0.29, 0.717) is 17.4 Å². The molecule has 3 aliphatic rings. The lowest BCUT2D eigenvalue weighted by molar-refractivity contribution is -0.161. The van der Waals surface area contributed by atoms with Crippen LogP contribution in [0.25, 0.3) is 26.8 Å². The van der Waals surface area contributed by atoms with Gasteiger partial charge in [-0.05, 0) is 68.2 Å². The van der Waals surface area contributed by atoms with Crippen molar-refractivity contribution in [2.45, 2.75) is 57.1 Å². The average Bonchev–Trinajstić information content (AvgIpc) is 3.10. The number of pyridine rings is 1. The molecule has 2 aliphatic carbocycles. The summed E-state index contributed by atoms with van der Waals surface area (Å²) in [6.07, 6.45) is 6.55. The Morgan fingerprint density at radius 1 is 1.14 bits per heavy atom. The molecule has 7 rings (SSSR count). The molecule has 0 bridgehead atoms. The van der Waals surface area contributed by atoms with Gasteiger partial charge in [0.25, 0.3) is 0 Å². The Morgan fingerprint density at radius 3 is 2.83 bits per heavy atom. The first-order valence-electron chi connectivity index (χ1n) is 12.3. The van der Waals surface area contributed by atoms with Crippen LogP contribution in [0.2, 0.25) is 0 Å². The Balaban J connectivity index is 1.20. The van der Waals surface area contributed by atoms with E-state index in [2.05, 4.69) is 42.7 Å². The lowest BCUT2D eigenvalue weighted by atomic mass is 9.91. The number of benzene rings is 1. The minimum atomic E-state index is -0.629. The van der Waals surface area contributed by atoms with Crippen molar-refractivity contribution in [1.29, 1.82) is 0 Å². The fraction of sp³-hybridized carbons (Fsp3) is 0.407. The van der Waals surface area contributed by atoms with Crippen LogP contribution >= 0.6 is 0 Å². The molecule has 36 heavy (non-hydrogen) atoms. The number of hydrogen-bond acceptors (Lipinski definition) is 7. The molecule has 1 aliphatic heterocycles.